The van der Waals surface area contributed by atoms with Gasteiger partial charge in [-0.25, -0.2) is 9.97 Å². The fraction of sp³-hybridized carbons (Fsp3) is 0. The second-order valence-electron chi connectivity index (χ2n) is 14.2. The number of hydrogen-bond acceptors (Lipinski definition) is 3. The van der Waals surface area contributed by atoms with Crippen molar-refractivity contribution in [2.24, 2.45) is 0 Å². The van der Waals surface area contributed by atoms with E-state index in [0.717, 1.165) is 49.9 Å². The minimum atomic E-state index is 0.981. The first-order chi connectivity index (χ1) is 26.8. The summed E-state index contributed by atoms with van der Waals surface area (Å²) >= 11 is 0. The summed E-state index contributed by atoms with van der Waals surface area (Å²) < 4.78 is 2.48. The third-order valence-corrected chi connectivity index (χ3v) is 11.4. The van der Waals surface area contributed by atoms with E-state index in [2.05, 4.69) is 184 Å². The molecule has 0 spiro atoms. The Morgan fingerprint density at radius 3 is 2.04 bits per heavy atom. The Hall–Kier alpha value is -7.30. The number of pyridine rings is 1. The lowest BCUT2D eigenvalue weighted by molar-refractivity contribution is 1.23. The number of nitrogens with zero attached hydrogens (tertiary/aromatic N) is 4. The van der Waals surface area contributed by atoms with Crippen LogP contribution in [0, 0.1) is 0 Å². The van der Waals surface area contributed by atoms with Crippen LogP contribution in [0.1, 0.15) is 0 Å². The van der Waals surface area contributed by atoms with Gasteiger partial charge in [0.2, 0.25) is 0 Å². The number of para-hydroxylation sites is 2. The summed E-state index contributed by atoms with van der Waals surface area (Å²) in [4.78, 5) is 11.5. The van der Waals surface area contributed by atoms with Crippen LogP contribution in [0.3, 0.4) is 0 Å². The molecule has 3 heterocycles. The number of anilines is 3. The van der Waals surface area contributed by atoms with Gasteiger partial charge in [0.1, 0.15) is 6.33 Å². The van der Waals surface area contributed by atoms with Crippen molar-refractivity contribution in [2.75, 3.05) is 4.90 Å². The van der Waals surface area contributed by atoms with Crippen LogP contribution < -0.4 is 4.90 Å². The van der Waals surface area contributed by atoms with Crippen molar-refractivity contribution < 1.29 is 0 Å². The molecular weight excluding hydrogens is 657 g/mol. The first-order valence-corrected chi connectivity index (χ1v) is 18.4. The Morgan fingerprint density at radius 2 is 1.11 bits per heavy atom. The van der Waals surface area contributed by atoms with Crippen molar-refractivity contribution in [3.8, 4) is 11.1 Å². The highest BCUT2D eigenvalue weighted by Gasteiger charge is 2.21. The number of rotatable bonds is 4. The first-order valence-electron chi connectivity index (χ1n) is 18.4. The summed E-state index contributed by atoms with van der Waals surface area (Å²) in [6.45, 7) is 0. The highest BCUT2D eigenvalue weighted by molar-refractivity contribution is 6.29. The molecule has 3 aromatic heterocycles. The van der Waals surface area contributed by atoms with Gasteiger partial charge in [-0.3, -0.25) is 0 Å². The Balaban J connectivity index is 1.07. The average Bonchev–Trinajstić information content (AvgIpc) is 3.58. The zero-order chi connectivity index (χ0) is 35.3. The fourth-order valence-corrected chi connectivity index (χ4v) is 9.07. The van der Waals surface area contributed by atoms with E-state index in [1.165, 1.54) is 59.6 Å². The summed E-state index contributed by atoms with van der Waals surface area (Å²) in [5.41, 5.74) is 10.3. The molecule has 0 aliphatic carbocycles. The highest BCUT2D eigenvalue weighted by atomic mass is 15.1. The average molecular weight is 687 g/mol. The van der Waals surface area contributed by atoms with E-state index >= 15 is 0 Å². The van der Waals surface area contributed by atoms with Crippen molar-refractivity contribution in [1.29, 1.82) is 0 Å². The molecule has 0 atom stereocenters. The molecule has 54 heavy (non-hydrogen) atoms. The molecule has 0 radical (unpaired) electrons. The van der Waals surface area contributed by atoms with Gasteiger partial charge < -0.3 is 9.30 Å². The van der Waals surface area contributed by atoms with Gasteiger partial charge in [0.15, 0.2) is 0 Å². The minimum Gasteiger partial charge on any atom is -0.310 e. The molecule has 9 aromatic carbocycles. The molecule has 0 unspecified atom stereocenters. The summed E-state index contributed by atoms with van der Waals surface area (Å²) in [6.07, 6.45) is 3.60. The topological polar surface area (TPSA) is 33.4 Å². The molecule has 0 bridgehead atoms. The van der Waals surface area contributed by atoms with Gasteiger partial charge in [0.05, 0.1) is 22.1 Å². The lowest BCUT2D eigenvalue weighted by Crippen LogP contribution is -2.09. The quantitative estimate of drug-likeness (QED) is 0.136. The van der Waals surface area contributed by atoms with Crippen molar-refractivity contribution in [2.45, 2.75) is 0 Å². The first kappa shape index (κ1) is 29.3. The van der Waals surface area contributed by atoms with Crippen LogP contribution in [0.4, 0.5) is 17.1 Å². The number of benzene rings is 9. The van der Waals surface area contributed by atoms with E-state index in [0.29, 0.717) is 0 Å². The van der Waals surface area contributed by atoms with Gasteiger partial charge >= 0.3 is 0 Å². The van der Waals surface area contributed by atoms with Crippen LogP contribution in [-0.2, 0) is 0 Å². The Morgan fingerprint density at radius 1 is 0.407 bits per heavy atom. The van der Waals surface area contributed by atoms with Crippen molar-refractivity contribution in [3.05, 3.63) is 182 Å². The van der Waals surface area contributed by atoms with Crippen LogP contribution in [0.15, 0.2) is 182 Å². The second-order valence-corrected chi connectivity index (χ2v) is 14.2. The van der Waals surface area contributed by atoms with Gasteiger partial charge in [-0.15, -0.1) is 0 Å². The van der Waals surface area contributed by atoms with Crippen LogP contribution >= 0.6 is 0 Å². The molecule has 0 saturated heterocycles. The monoisotopic (exact) mass is 686 g/mol. The summed E-state index contributed by atoms with van der Waals surface area (Å²) in [5.74, 6) is 0. The van der Waals surface area contributed by atoms with Crippen molar-refractivity contribution >= 4 is 98.4 Å². The zero-order valence-electron chi connectivity index (χ0n) is 29.1. The standard InChI is InChI=1S/C50H30N4/c1-2-12-34(13-3-1)53(35-14-8-11-32(26-35)33-21-23-38-37-15-4-5-17-41(37)49-45(43(38)27-33)29-51-30-52-49)36-22-25-47-44(28-36)42-24-20-31-10-9-18-40-39-16-6-7-19-46(39)54(47)50(42)48(31)40/h1-30H. The lowest BCUT2D eigenvalue weighted by atomic mass is 9.94. The third-order valence-electron chi connectivity index (χ3n) is 11.4. The molecule has 4 heteroatoms. The molecule has 0 aliphatic heterocycles. The molecule has 12 rings (SSSR count). The summed E-state index contributed by atoms with van der Waals surface area (Å²) in [6, 6.07) is 62.0. The molecule has 250 valence electrons. The number of fused-ring (bicyclic) bond motifs is 12. The largest absolute Gasteiger partial charge is 0.310 e. The maximum Gasteiger partial charge on any atom is 0.116 e. The summed E-state index contributed by atoms with van der Waals surface area (Å²) in [7, 11) is 0. The molecule has 0 N–H and O–H groups in total. The smallest absolute Gasteiger partial charge is 0.116 e. The highest BCUT2D eigenvalue weighted by Crippen LogP contribution is 2.44. The van der Waals surface area contributed by atoms with E-state index in [1.807, 2.05) is 6.20 Å². The molecule has 0 amide bonds. The normalized spacial score (nSPS) is 12.1. The van der Waals surface area contributed by atoms with Crippen LogP contribution in [0.2, 0.25) is 0 Å². The Bertz CT molecular complexity index is 3400. The van der Waals surface area contributed by atoms with E-state index in [4.69, 9.17) is 4.98 Å². The minimum absolute atomic E-state index is 0.981. The summed E-state index contributed by atoms with van der Waals surface area (Å²) in [5, 5.41) is 13.4. The fourth-order valence-electron chi connectivity index (χ4n) is 9.07. The Labute approximate surface area is 310 Å². The molecule has 12 aromatic rings. The van der Waals surface area contributed by atoms with Crippen molar-refractivity contribution in [3.63, 3.8) is 0 Å². The second kappa shape index (κ2) is 11.1. The van der Waals surface area contributed by atoms with E-state index in [9.17, 15) is 0 Å². The predicted molar refractivity (Wildman–Crippen MR) is 227 cm³/mol. The molecule has 0 aliphatic rings. The molecule has 4 nitrogen and oxygen atoms in total. The van der Waals surface area contributed by atoms with Crippen molar-refractivity contribution in [1.82, 2.24) is 14.4 Å². The number of aromatic nitrogens is 3. The van der Waals surface area contributed by atoms with E-state index in [-0.39, 0.29) is 0 Å². The molecule has 0 fully saturated rings. The van der Waals surface area contributed by atoms with E-state index < -0.39 is 0 Å². The van der Waals surface area contributed by atoms with Gasteiger partial charge in [0, 0.05) is 55.6 Å². The van der Waals surface area contributed by atoms with Crippen LogP contribution in [0.5, 0.6) is 0 Å². The number of hydrogen-bond donors (Lipinski definition) is 0. The maximum absolute atomic E-state index is 4.72. The molecular formula is C50H30N4. The van der Waals surface area contributed by atoms with Crippen LogP contribution in [0.25, 0.3) is 92.4 Å². The Kier molecular flexibility index (Phi) is 6.02. The molecule has 0 saturated carbocycles. The van der Waals surface area contributed by atoms with Crippen LogP contribution in [-0.4, -0.2) is 14.4 Å². The lowest BCUT2D eigenvalue weighted by Gasteiger charge is -2.26. The maximum atomic E-state index is 4.72. The van der Waals surface area contributed by atoms with Gasteiger partial charge in [0.25, 0.3) is 0 Å². The third kappa shape index (κ3) is 4.08. The zero-order valence-corrected chi connectivity index (χ0v) is 29.1. The van der Waals surface area contributed by atoms with Gasteiger partial charge in [-0.1, -0.05) is 115 Å². The van der Waals surface area contributed by atoms with E-state index in [1.54, 1.807) is 6.33 Å². The predicted octanol–water partition coefficient (Wildman–Crippen LogP) is 13.4. The SMILES string of the molecule is c1ccc(N(c2cccc(-c3ccc4c5ccccc5c5ncncc5c4c3)c2)c2ccc3c(c2)c2ccc4cccc5c6ccccc6n3c2c45)cc1. The van der Waals surface area contributed by atoms with Gasteiger partial charge in [-0.2, -0.15) is 0 Å². The van der Waals surface area contributed by atoms with Gasteiger partial charge in [-0.05, 0) is 92.7 Å².